The summed E-state index contributed by atoms with van der Waals surface area (Å²) in [5, 5.41) is 5.42. The summed E-state index contributed by atoms with van der Waals surface area (Å²) in [6, 6.07) is 15.1. The summed E-state index contributed by atoms with van der Waals surface area (Å²) < 4.78 is 2.13. The van der Waals surface area contributed by atoms with Crippen LogP contribution in [0.1, 0.15) is 5.56 Å². The van der Waals surface area contributed by atoms with Crippen LogP contribution in [0.2, 0.25) is 0 Å². The number of hydrogen-bond donors (Lipinski definition) is 2. The highest BCUT2D eigenvalue weighted by Crippen LogP contribution is 2.13. The van der Waals surface area contributed by atoms with E-state index in [1.54, 1.807) is 6.20 Å². The van der Waals surface area contributed by atoms with E-state index in [-0.39, 0.29) is 6.03 Å². The van der Waals surface area contributed by atoms with Crippen molar-refractivity contribution in [2.75, 3.05) is 5.32 Å². The zero-order valence-electron chi connectivity index (χ0n) is 10.4. The Morgan fingerprint density at radius 1 is 1.15 bits per heavy atom. The molecule has 2 aromatic rings. The van der Waals surface area contributed by atoms with Gasteiger partial charge in [0, 0.05) is 19.9 Å². The van der Waals surface area contributed by atoms with Gasteiger partial charge in [-0.15, -0.1) is 0 Å². The normalized spacial score (nSPS) is 10.5. The number of hydrogen-bond acceptors (Lipinski definition) is 1. The van der Waals surface area contributed by atoms with Crippen LogP contribution >= 0.6 is 38.5 Å². The molecule has 0 atom stereocenters. The maximum atomic E-state index is 11.7. The van der Waals surface area contributed by atoms with Crippen molar-refractivity contribution in [2.24, 2.45) is 0 Å². The largest absolute Gasteiger partial charge is 0.323 e. The molecule has 0 fully saturated rings. The molecule has 5 heteroatoms. The molecule has 0 radical (unpaired) electrons. The molecule has 0 unspecified atom stereocenters. The molecule has 0 spiro atoms. The third kappa shape index (κ3) is 4.97. The van der Waals surface area contributed by atoms with Crippen LogP contribution in [0, 0.1) is 3.57 Å². The predicted octanol–water partition coefficient (Wildman–Crippen LogP) is 4.85. The third-order valence-electron chi connectivity index (χ3n) is 2.44. The number of urea groups is 1. The van der Waals surface area contributed by atoms with Crippen LogP contribution in [0.4, 0.5) is 10.5 Å². The van der Waals surface area contributed by atoms with E-state index in [9.17, 15) is 4.79 Å². The number of carbonyl (C=O) groups excluding carboxylic acids is 1. The van der Waals surface area contributed by atoms with E-state index in [0.29, 0.717) is 0 Å². The Bertz CT molecular complexity index is 626. The molecule has 0 saturated carbocycles. The van der Waals surface area contributed by atoms with E-state index < -0.39 is 0 Å². The van der Waals surface area contributed by atoms with Gasteiger partial charge in [-0.3, -0.25) is 0 Å². The number of rotatable bonds is 3. The van der Waals surface area contributed by atoms with Crippen LogP contribution in [-0.2, 0) is 0 Å². The van der Waals surface area contributed by atoms with Crippen LogP contribution in [0.15, 0.2) is 59.2 Å². The lowest BCUT2D eigenvalue weighted by Crippen LogP contribution is -2.23. The van der Waals surface area contributed by atoms with Gasteiger partial charge in [-0.25, -0.2) is 4.79 Å². The number of nitrogens with one attached hydrogen (secondary N) is 2. The van der Waals surface area contributed by atoms with Crippen molar-refractivity contribution in [3.63, 3.8) is 0 Å². The monoisotopic (exact) mass is 442 g/mol. The molecule has 0 bridgehead atoms. The Labute approximate surface area is 139 Å². The fourth-order valence-corrected chi connectivity index (χ4v) is 2.30. The van der Waals surface area contributed by atoms with Crippen molar-refractivity contribution in [3.8, 4) is 0 Å². The van der Waals surface area contributed by atoms with Gasteiger partial charge in [-0.2, -0.15) is 0 Å². The standard InChI is InChI=1S/C15H12BrIN2O/c16-12-3-1-2-11(10-12)8-9-18-15(20)19-14-6-4-13(17)5-7-14/h1-10H,(H2,18,19,20)/b9-8+. The Kier molecular flexibility index (Phi) is 5.60. The summed E-state index contributed by atoms with van der Waals surface area (Å²) in [5.74, 6) is 0. The molecule has 0 aliphatic carbocycles. The van der Waals surface area contributed by atoms with Gasteiger partial charge in [0.2, 0.25) is 0 Å². The minimum atomic E-state index is -0.266. The summed E-state index contributed by atoms with van der Waals surface area (Å²) in [7, 11) is 0. The molecule has 2 N–H and O–H groups in total. The number of halogens is 2. The lowest BCUT2D eigenvalue weighted by molar-refractivity contribution is 0.255. The minimum Gasteiger partial charge on any atom is -0.314 e. The quantitative estimate of drug-likeness (QED) is 0.655. The van der Waals surface area contributed by atoms with E-state index in [4.69, 9.17) is 0 Å². The van der Waals surface area contributed by atoms with Crippen molar-refractivity contribution in [1.29, 1.82) is 0 Å². The maximum Gasteiger partial charge on any atom is 0.323 e. The predicted molar refractivity (Wildman–Crippen MR) is 94.5 cm³/mol. The molecule has 20 heavy (non-hydrogen) atoms. The Morgan fingerprint density at radius 2 is 1.90 bits per heavy atom. The van der Waals surface area contributed by atoms with Crippen molar-refractivity contribution in [2.45, 2.75) is 0 Å². The van der Waals surface area contributed by atoms with Crippen molar-refractivity contribution in [1.82, 2.24) is 5.32 Å². The molecule has 2 amide bonds. The van der Waals surface area contributed by atoms with Gasteiger partial charge in [0.15, 0.2) is 0 Å². The van der Waals surface area contributed by atoms with Gasteiger partial charge in [-0.05, 0) is 70.6 Å². The first-order valence-corrected chi connectivity index (χ1v) is 7.76. The fraction of sp³-hybridized carbons (Fsp3) is 0. The SMILES string of the molecule is O=C(N/C=C/c1cccc(Br)c1)Nc1ccc(I)cc1. The van der Waals surface area contributed by atoms with Crippen molar-refractivity contribution < 1.29 is 4.79 Å². The molecule has 0 aliphatic rings. The minimum absolute atomic E-state index is 0.266. The summed E-state index contributed by atoms with van der Waals surface area (Å²) >= 11 is 5.62. The van der Waals surface area contributed by atoms with Crippen LogP contribution in [-0.4, -0.2) is 6.03 Å². The second-order valence-corrected chi connectivity index (χ2v) is 6.16. The van der Waals surface area contributed by atoms with Crippen LogP contribution in [0.25, 0.3) is 6.08 Å². The van der Waals surface area contributed by atoms with E-state index in [0.717, 1.165) is 19.3 Å². The summed E-state index contributed by atoms with van der Waals surface area (Å²) in [6.45, 7) is 0. The van der Waals surface area contributed by atoms with E-state index >= 15 is 0 Å². The number of carbonyl (C=O) groups is 1. The second-order valence-electron chi connectivity index (χ2n) is 3.99. The summed E-state index contributed by atoms with van der Waals surface area (Å²) in [5.41, 5.74) is 1.77. The molecule has 0 heterocycles. The molecule has 0 saturated heterocycles. The maximum absolute atomic E-state index is 11.7. The van der Waals surface area contributed by atoms with Gasteiger partial charge in [0.05, 0.1) is 0 Å². The lowest BCUT2D eigenvalue weighted by atomic mass is 10.2. The third-order valence-corrected chi connectivity index (χ3v) is 3.65. The molecule has 3 nitrogen and oxygen atoms in total. The number of amides is 2. The first-order valence-electron chi connectivity index (χ1n) is 5.89. The lowest BCUT2D eigenvalue weighted by Gasteiger charge is -2.04. The van der Waals surface area contributed by atoms with Crippen LogP contribution in [0.3, 0.4) is 0 Å². The zero-order valence-corrected chi connectivity index (χ0v) is 14.2. The fourth-order valence-electron chi connectivity index (χ4n) is 1.52. The van der Waals surface area contributed by atoms with Gasteiger partial charge in [0.25, 0.3) is 0 Å². The van der Waals surface area contributed by atoms with Gasteiger partial charge >= 0.3 is 6.03 Å². The Balaban J connectivity index is 1.87. The van der Waals surface area contributed by atoms with E-state index in [1.807, 2.05) is 54.6 Å². The highest BCUT2D eigenvalue weighted by atomic mass is 127. The van der Waals surface area contributed by atoms with Crippen LogP contribution < -0.4 is 10.6 Å². The zero-order chi connectivity index (χ0) is 14.4. The second kappa shape index (κ2) is 7.44. The summed E-state index contributed by atoms with van der Waals surface area (Å²) in [4.78, 5) is 11.7. The molecule has 2 rings (SSSR count). The van der Waals surface area contributed by atoms with Gasteiger partial charge < -0.3 is 10.6 Å². The first kappa shape index (κ1) is 15.1. The highest BCUT2D eigenvalue weighted by Gasteiger charge is 1.98. The average molecular weight is 443 g/mol. The molecule has 2 aromatic carbocycles. The van der Waals surface area contributed by atoms with E-state index in [2.05, 4.69) is 49.2 Å². The van der Waals surface area contributed by atoms with Gasteiger partial charge in [-0.1, -0.05) is 28.1 Å². The van der Waals surface area contributed by atoms with Crippen molar-refractivity contribution >= 4 is 56.3 Å². The van der Waals surface area contributed by atoms with Crippen molar-refractivity contribution in [3.05, 3.63) is 68.3 Å². The highest BCUT2D eigenvalue weighted by molar-refractivity contribution is 14.1. The smallest absolute Gasteiger partial charge is 0.314 e. The number of anilines is 1. The molecular formula is C15H12BrIN2O. The molecule has 102 valence electrons. The molecule has 0 aliphatic heterocycles. The van der Waals surface area contributed by atoms with E-state index in [1.165, 1.54) is 0 Å². The Morgan fingerprint density at radius 3 is 2.60 bits per heavy atom. The number of benzene rings is 2. The average Bonchev–Trinajstić information content (AvgIpc) is 2.41. The Hall–Kier alpha value is -1.34. The molecular weight excluding hydrogens is 431 g/mol. The molecule has 0 aromatic heterocycles. The van der Waals surface area contributed by atoms with Crippen LogP contribution in [0.5, 0.6) is 0 Å². The first-order chi connectivity index (χ1) is 9.63. The summed E-state index contributed by atoms with van der Waals surface area (Å²) in [6.07, 6.45) is 3.45. The van der Waals surface area contributed by atoms with Gasteiger partial charge in [0.1, 0.15) is 0 Å². The topological polar surface area (TPSA) is 41.1 Å².